The Labute approximate surface area is 77.2 Å². The molecule has 5 heteroatoms. The van der Waals surface area contributed by atoms with Crippen LogP contribution in [0, 0.1) is 0 Å². The van der Waals surface area contributed by atoms with Crippen LogP contribution < -0.4 is 29.6 Å². The maximum Gasteiger partial charge on any atom is 1.00 e. The van der Waals surface area contributed by atoms with E-state index in [1.807, 2.05) is 0 Å². The molecule has 0 N–H and O–H groups in total. The van der Waals surface area contributed by atoms with Crippen LogP contribution in [0.5, 0.6) is 0 Å². The average molecular weight is 158 g/mol. The Morgan fingerprint density at radius 3 is 2.11 bits per heavy atom. The van der Waals surface area contributed by atoms with Crippen LogP contribution in [0.2, 0.25) is 0 Å². The fourth-order valence-corrected chi connectivity index (χ4v) is 0.642. The molecule has 0 atom stereocenters. The van der Waals surface area contributed by atoms with Crippen molar-refractivity contribution < 1.29 is 42.5 Å². The van der Waals surface area contributed by atoms with Crippen molar-refractivity contribution in [2.24, 2.45) is 0 Å². The standard InChI is InChI=1S/C4H8O3S.Na/c1-2-3-4-8(5,6)7;/h3-4H,2H2,1H3,(H,5,6,7);/q;+1/p-1. The Kier molecular flexibility index (Phi) is 7.45. The molecule has 0 aliphatic carbocycles. The average Bonchev–Trinajstić information content (AvgIpc) is 1.59. The van der Waals surface area contributed by atoms with Gasteiger partial charge in [0.1, 0.15) is 10.1 Å². The zero-order valence-corrected chi connectivity index (χ0v) is 8.31. The van der Waals surface area contributed by atoms with E-state index >= 15 is 0 Å². The van der Waals surface area contributed by atoms with Gasteiger partial charge in [-0.15, -0.1) is 0 Å². The third kappa shape index (κ3) is 12.0. The van der Waals surface area contributed by atoms with Crippen molar-refractivity contribution in [2.75, 3.05) is 0 Å². The van der Waals surface area contributed by atoms with E-state index in [0.717, 1.165) is 0 Å². The van der Waals surface area contributed by atoms with Crippen molar-refractivity contribution in [3.05, 3.63) is 11.5 Å². The van der Waals surface area contributed by atoms with E-state index in [9.17, 15) is 13.0 Å². The molecule has 0 bridgehead atoms. The minimum Gasteiger partial charge on any atom is -0.744 e. The normalized spacial score (nSPS) is 11.3. The minimum absolute atomic E-state index is 0. The van der Waals surface area contributed by atoms with Gasteiger partial charge in [0.2, 0.25) is 0 Å². The molecular formula is C4H7NaO3S. The molecule has 0 radical (unpaired) electrons. The van der Waals surface area contributed by atoms with Crippen molar-refractivity contribution in [1.29, 1.82) is 0 Å². The zero-order valence-electron chi connectivity index (χ0n) is 5.49. The summed E-state index contributed by atoms with van der Waals surface area (Å²) in [5.41, 5.74) is 0. The predicted octanol–water partition coefficient (Wildman–Crippen LogP) is -2.54. The third-order valence-electron chi connectivity index (χ3n) is 0.499. The van der Waals surface area contributed by atoms with E-state index in [4.69, 9.17) is 0 Å². The van der Waals surface area contributed by atoms with Gasteiger partial charge in [-0.2, -0.15) is 0 Å². The van der Waals surface area contributed by atoms with Gasteiger partial charge in [0.15, 0.2) is 0 Å². The van der Waals surface area contributed by atoms with Crippen LogP contribution in [0.3, 0.4) is 0 Å². The first-order chi connectivity index (χ1) is 3.56. The summed E-state index contributed by atoms with van der Waals surface area (Å²) in [4.78, 5) is 0. The molecule has 48 valence electrons. The summed E-state index contributed by atoms with van der Waals surface area (Å²) in [6, 6.07) is 0. The van der Waals surface area contributed by atoms with Gasteiger partial charge in [-0.05, 0) is 6.42 Å². The molecule has 0 heterocycles. The summed E-state index contributed by atoms with van der Waals surface area (Å²) in [5.74, 6) is 0. The number of hydrogen-bond acceptors (Lipinski definition) is 3. The first-order valence-electron chi connectivity index (χ1n) is 2.18. The molecule has 0 spiro atoms. The van der Waals surface area contributed by atoms with Gasteiger partial charge in [-0.1, -0.05) is 13.0 Å². The summed E-state index contributed by atoms with van der Waals surface area (Å²) < 4.78 is 29.2. The van der Waals surface area contributed by atoms with Crippen LogP contribution in [0.1, 0.15) is 13.3 Å². The van der Waals surface area contributed by atoms with Crippen LogP contribution >= 0.6 is 0 Å². The molecule has 0 amide bonds. The van der Waals surface area contributed by atoms with Crippen LogP contribution in [-0.2, 0) is 10.1 Å². The van der Waals surface area contributed by atoms with Crippen LogP contribution in [0.15, 0.2) is 11.5 Å². The fraction of sp³-hybridized carbons (Fsp3) is 0.500. The molecule has 0 aliphatic rings. The Morgan fingerprint density at radius 1 is 1.56 bits per heavy atom. The summed E-state index contributed by atoms with van der Waals surface area (Å²) >= 11 is 0. The van der Waals surface area contributed by atoms with E-state index in [1.54, 1.807) is 6.92 Å². The van der Waals surface area contributed by atoms with Gasteiger partial charge in [-0.3, -0.25) is 0 Å². The Bertz CT molecular complexity index is 170. The molecule has 0 rings (SSSR count). The smallest absolute Gasteiger partial charge is 0.744 e. The topological polar surface area (TPSA) is 57.2 Å². The SMILES string of the molecule is CCC=CS(=O)(=O)[O-].[Na+]. The second-order valence-electron chi connectivity index (χ2n) is 1.27. The van der Waals surface area contributed by atoms with E-state index in [0.29, 0.717) is 11.8 Å². The van der Waals surface area contributed by atoms with Crippen molar-refractivity contribution in [1.82, 2.24) is 0 Å². The molecule has 0 saturated heterocycles. The molecule has 0 saturated carbocycles. The molecule has 0 aromatic carbocycles. The fourth-order valence-electron chi connectivity index (χ4n) is 0.214. The van der Waals surface area contributed by atoms with Gasteiger partial charge >= 0.3 is 29.6 Å². The maximum absolute atomic E-state index is 9.75. The molecule has 0 aromatic heterocycles. The third-order valence-corrected chi connectivity index (χ3v) is 1.02. The molecule has 9 heavy (non-hydrogen) atoms. The predicted molar refractivity (Wildman–Crippen MR) is 29.1 cm³/mol. The molecule has 0 aliphatic heterocycles. The van der Waals surface area contributed by atoms with Crippen molar-refractivity contribution in [3.63, 3.8) is 0 Å². The van der Waals surface area contributed by atoms with Gasteiger partial charge in [0.25, 0.3) is 0 Å². The number of allylic oxidation sites excluding steroid dienone is 1. The van der Waals surface area contributed by atoms with E-state index in [1.165, 1.54) is 6.08 Å². The first-order valence-corrected chi connectivity index (χ1v) is 3.66. The Hall–Kier alpha value is 0.650. The van der Waals surface area contributed by atoms with Crippen molar-refractivity contribution in [2.45, 2.75) is 13.3 Å². The summed E-state index contributed by atoms with van der Waals surface area (Å²) in [6.07, 6.45) is 1.88. The Balaban J connectivity index is 0. The van der Waals surface area contributed by atoms with Gasteiger partial charge in [0, 0.05) is 5.41 Å². The summed E-state index contributed by atoms with van der Waals surface area (Å²) in [5, 5.41) is 0.660. The summed E-state index contributed by atoms with van der Waals surface area (Å²) in [7, 11) is -4.12. The molecule has 0 aromatic rings. The van der Waals surface area contributed by atoms with Crippen LogP contribution in [0.4, 0.5) is 0 Å². The monoisotopic (exact) mass is 158 g/mol. The zero-order chi connectivity index (χ0) is 6.62. The van der Waals surface area contributed by atoms with E-state index in [2.05, 4.69) is 0 Å². The van der Waals surface area contributed by atoms with Crippen LogP contribution in [-0.4, -0.2) is 13.0 Å². The number of hydrogen-bond donors (Lipinski definition) is 0. The Morgan fingerprint density at radius 2 is 2.00 bits per heavy atom. The molecular weight excluding hydrogens is 151 g/mol. The maximum atomic E-state index is 9.75. The first kappa shape index (κ1) is 12.3. The molecule has 3 nitrogen and oxygen atoms in total. The quantitative estimate of drug-likeness (QED) is 0.328. The van der Waals surface area contributed by atoms with Gasteiger partial charge in [0.05, 0.1) is 0 Å². The van der Waals surface area contributed by atoms with Crippen LogP contribution in [0.25, 0.3) is 0 Å². The van der Waals surface area contributed by atoms with Gasteiger partial charge in [-0.25, -0.2) is 8.42 Å². The number of rotatable bonds is 2. The van der Waals surface area contributed by atoms with E-state index < -0.39 is 10.1 Å². The largest absolute Gasteiger partial charge is 1.00 e. The molecule has 0 fully saturated rings. The van der Waals surface area contributed by atoms with Crippen molar-refractivity contribution >= 4 is 10.1 Å². The van der Waals surface area contributed by atoms with E-state index in [-0.39, 0.29) is 29.6 Å². The second-order valence-corrected chi connectivity index (χ2v) is 2.53. The summed E-state index contributed by atoms with van der Waals surface area (Å²) in [6.45, 7) is 1.75. The molecule has 0 unspecified atom stereocenters. The van der Waals surface area contributed by atoms with Crippen molar-refractivity contribution in [3.8, 4) is 0 Å². The minimum atomic E-state index is -4.12. The second kappa shape index (κ2) is 5.44. The van der Waals surface area contributed by atoms with Gasteiger partial charge < -0.3 is 4.55 Å².